The van der Waals surface area contributed by atoms with Crippen molar-refractivity contribution in [3.8, 4) is 0 Å². The van der Waals surface area contributed by atoms with Gasteiger partial charge in [-0.2, -0.15) is 0 Å². The van der Waals surface area contributed by atoms with E-state index in [0.29, 0.717) is 24.0 Å². The molecule has 2 atom stereocenters. The fourth-order valence-electron chi connectivity index (χ4n) is 4.13. The van der Waals surface area contributed by atoms with Crippen LogP contribution in [0.5, 0.6) is 0 Å². The predicted octanol–water partition coefficient (Wildman–Crippen LogP) is 8.39. The molecule has 9 heteroatoms. The van der Waals surface area contributed by atoms with Crippen molar-refractivity contribution in [1.29, 1.82) is 0 Å². The zero-order valence-corrected chi connectivity index (χ0v) is 31.6. The number of esters is 2. The van der Waals surface area contributed by atoms with Gasteiger partial charge in [0.2, 0.25) is 0 Å². The summed E-state index contributed by atoms with van der Waals surface area (Å²) in [5, 5.41) is 16.3. The first-order chi connectivity index (χ1) is 19.8. The zero-order chi connectivity index (χ0) is 33.9. The number of ether oxygens (including phenoxy) is 2. The molecule has 250 valence electrons. The number of aliphatic carboxylic acids is 2. The van der Waals surface area contributed by atoms with E-state index in [2.05, 4.69) is 64.9 Å². The van der Waals surface area contributed by atoms with E-state index >= 15 is 0 Å². The number of carboxylic acids is 2. The van der Waals surface area contributed by atoms with Crippen molar-refractivity contribution in [2.24, 2.45) is 22.7 Å². The third kappa shape index (κ3) is 44.7. The zero-order valence-electron chi connectivity index (χ0n) is 28.8. The summed E-state index contributed by atoms with van der Waals surface area (Å²) < 4.78 is 12.5. The Kier molecular flexibility index (Phi) is 29.4. The van der Waals surface area contributed by atoms with Crippen molar-refractivity contribution in [2.45, 2.75) is 129 Å². The molecule has 0 saturated carbocycles. The molecule has 0 rings (SSSR count). The van der Waals surface area contributed by atoms with Crippen molar-refractivity contribution in [3.05, 3.63) is 24.3 Å². The minimum atomic E-state index is -1.15. The molecule has 2 radical (unpaired) electrons. The van der Waals surface area contributed by atoms with Crippen LogP contribution in [-0.2, 0) is 28.7 Å². The van der Waals surface area contributed by atoms with Crippen LogP contribution >= 0.6 is 0 Å². The summed E-state index contributed by atoms with van der Waals surface area (Å²) in [5.41, 5.74) is 1.04. The second kappa shape index (κ2) is 27.7. The minimum Gasteiger partial charge on any atom is -0.478 e. The molecule has 0 aromatic rings. The van der Waals surface area contributed by atoms with Gasteiger partial charge in [0.1, 0.15) is 0 Å². The van der Waals surface area contributed by atoms with Gasteiger partial charge >= 0.3 is 158 Å². The van der Waals surface area contributed by atoms with E-state index in [-0.39, 0.29) is 21.1 Å². The number of unbranched alkanes of at least 4 members (excludes halogenated alkanes) is 2. The second-order valence-corrected chi connectivity index (χ2v) is 17.7. The molecule has 0 saturated heterocycles. The Morgan fingerprint density at radius 3 is 1.23 bits per heavy atom. The average molecular weight is 718 g/mol. The fraction of sp³-hybridized carbons (Fsp3) is 0.765. The summed E-state index contributed by atoms with van der Waals surface area (Å²) in [4.78, 5) is 41.2. The van der Waals surface area contributed by atoms with Gasteiger partial charge in [-0.25, -0.2) is 19.2 Å². The first-order valence-corrected chi connectivity index (χ1v) is 19.7. The Bertz CT molecular complexity index is 740. The molecule has 0 spiro atoms. The Balaban J connectivity index is -0.000000584. The van der Waals surface area contributed by atoms with Crippen LogP contribution in [0.4, 0.5) is 0 Å². The number of hydrogen-bond donors (Lipinski definition) is 2. The molecule has 0 aliphatic carbocycles. The predicted molar refractivity (Wildman–Crippen MR) is 176 cm³/mol. The Labute approximate surface area is 272 Å². The van der Waals surface area contributed by atoms with Crippen LogP contribution in [0.15, 0.2) is 24.3 Å². The molecule has 0 aromatic heterocycles. The van der Waals surface area contributed by atoms with Crippen molar-refractivity contribution in [3.63, 3.8) is 0 Å². The summed E-state index contributed by atoms with van der Waals surface area (Å²) in [6, 6.07) is 0. The number of carbonyl (C=O) groups excluding carboxylic acids is 2. The van der Waals surface area contributed by atoms with E-state index in [0.717, 1.165) is 61.8 Å². The Morgan fingerprint density at radius 1 is 0.651 bits per heavy atom. The van der Waals surface area contributed by atoms with E-state index in [1.807, 2.05) is 13.8 Å². The molecule has 8 nitrogen and oxygen atoms in total. The summed E-state index contributed by atoms with van der Waals surface area (Å²) in [7, 11) is 0. The molecule has 0 aromatic carbocycles. The van der Waals surface area contributed by atoms with Crippen LogP contribution in [0.25, 0.3) is 0 Å². The molecule has 0 fully saturated rings. The van der Waals surface area contributed by atoms with E-state index in [9.17, 15) is 19.2 Å². The van der Waals surface area contributed by atoms with Crippen molar-refractivity contribution < 1.29 is 38.9 Å². The van der Waals surface area contributed by atoms with Gasteiger partial charge in [0.05, 0.1) is 13.2 Å². The maximum Gasteiger partial charge on any atom is 0.331 e. The first kappa shape index (κ1) is 45.6. The molecule has 0 bridgehead atoms. The van der Waals surface area contributed by atoms with Crippen molar-refractivity contribution in [1.82, 2.24) is 0 Å². The fourth-order valence-corrected chi connectivity index (χ4v) is 8.82. The Morgan fingerprint density at radius 2 is 0.977 bits per heavy atom. The second-order valence-electron chi connectivity index (χ2n) is 13.5. The number of carbonyl (C=O) groups is 4. The number of hydrogen-bond acceptors (Lipinski definition) is 6. The molecule has 0 aliphatic heterocycles. The number of rotatable bonds is 18. The van der Waals surface area contributed by atoms with Gasteiger partial charge in [0.15, 0.2) is 0 Å². The van der Waals surface area contributed by atoms with Crippen LogP contribution in [-0.4, -0.2) is 68.4 Å². The summed E-state index contributed by atoms with van der Waals surface area (Å²) in [6.07, 6.45) is 12.6. The molecule has 0 amide bonds. The monoisotopic (exact) mass is 718 g/mol. The average Bonchev–Trinajstić information content (AvgIpc) is 2.85. The van der Waals surface area contributed by atoms with Crippen LogP contribution in [0.1, 0.15) is 121 Å². The van der Waals surface area contributed by atoms with E-state index in [1.54, 1.807) is 8.87 Å². The van der Waals surface area contributed by atoms with Gasteiger partial charge in [-0.05, 0) is 12.8 Å². The third-order valence-electron chi connectivity index (χ3n) is 5.76. The molecule has 2 unspecified atom stereocenters. The van der Waals surface area contributed by atoms with Gasteiger partial charge in [-0.1, -0.05) is 26.7 Å². The first-order valence-electron chi connectivity index (χ1n) is 15.7. The molecule has 0 aliphatic rings. The smallest absolute Gasteiger partial charge is 0.331 e. The summed E-state index contributed by atoms with van der Waals surface area (Å²) in [5.74, 6) is -1.64. The van der Waals surface area contributed by atoms with Crippen molar-refractivity contribution >= 4 is 45.0 Å². The van der Waals surface area contributed by atoms with E-state index in [1.165, 1.54) is 25.7 Å². The van der Waals surface area contributed by atoms with E-state index < -0.39 is 23.9 Å². The quantitative estimate of drug-likeness (QED) is 0.0627. The SMILES string of the molecule is CC(C[CH2][Sn][CH2]CC(C)CC(C)(C)C)CC(C)(C)C.CCCCOC(=O)C=CC(=O)O.CCCCOC(=O)C=CC(=O)O. The largest absolute Gasteiger partial charge is 0.478 e. The van der Waals surface area contributed by atoms with Crippen LogP contribution in [0, 0.1) is 22.7 Å². The van der Waals surface area contributed by atoms with Crippen LogP contribution in [0.2, 0.25) is 8.87 Å². The van der Waals surface area contributed by atoms with Gasteiger partial charge in [-0.3, -0.25) is 0 Å². The standard InChI is InChI=1S/2C9H19.2C8H12O4.Sn/c2*1-6-8(2)7-9(3,4)5;2*1-2-3-6-12-8(11)5-4-7(9)10;/h2*8H,1,6-7H2,2-5H3;2*4-5H,2-3,6H2,1H3,(H,9,10);. The third-order valence-corrected chi connectivity index (χ3v) is 9.42. The Hall–Kier alpha value is -1.84. The molecule has 0 heterocycles. The maximum atomic E-state index is 10.6. The summed E-state index contributed by atoms with van der Waals surface area (Å²) >= 11 is -0.0525. The van der Waals surface area contributed by atoms with Crippen molar-refractivity contribution in [2.75, 3.05) is 13.2 Å². The molecular formula is C34H62O8Sn. The van der Waals surface area contributed by atoms with Gasteiger partial charge in [-0.15, -0.1) is 0 Å². The van der Waals surface area contributed by atoms with Gasteiger partial charge < -0.3 is 19.7 Å². The van der Waals surface area contributed by atoms with E-state index in [4.69, 9.17) is 10.2 Å². The molecular weight excluding hydrogens is 655 g/mol. The van der Waals surface area contributed by atoms with Crippen LogP contribution < -0.4 is 0 Å². The normalized spacial score (nSPS) is 12.9. The number of carboxylic acid groups (broad SMARTS) is 2. The topological polar surface area (TPSA) is 127 Å². The summed E-state index contributed by atoms with van der Waals surface area (Å²) in [6.45, 7) is 23.8. The molecule has 43 heavy (non-hydrogen) atoms. The maximum absolute atomic E-state index is 10.6. The van der Waals surface area contributed by atoms with Gasteiger partial charge in [0, 0.05) is 24.3 Å². The van der Waals surface area contributed by atoms with Crippen LogP contribution in [0.3, 0.4) is 0 Å². The molecule has 2 N–H and O–H groups in total. The van der Waals surface area contributed by atoms with Gasteiger partial charge in [0.25, 0.3) is 0 Å². The minimum absolute atomic E-state index is 0.0525.